The first-order valence-electron chi connectivity index (χ1n) is 8.11. The fraction of sp³-hybridized carbons (Fsp3) is 0.938. The predicted octanol–water partition coefficient (Wildman–Crippen LogP) is 0.691. The molecule has 0 spiro atoms. The summed E-state index contributed by atoms with van der Waals surface area (Å²) in [5.74, 6) is 0.173. The molecule has 2 saturated heterocycles. The van der Waals surface area contributed by atoms with Gasteiger partial charge in [0, 0.05) is 38.7 Å². The second-order valence-electron chi connectivity index (χ2n) is 7.44. The Morgan fingerprint density at radius 2 is 1.91 bits per heavy atom. The monoisotopic (exact) mass is 314 g/mol. The summed E-state index contributed by atoms with van der Waals surface area (Å²) < 4.78 is 10.7. The standard InChI is InChI=1S/C16H30N2O4/c1-15(2)12-17(9-10-22-15)11-13(19)18-7-5-16(3,6-8-18)14(20)21-4/h14,20H,5-12H2,1-4H3/t14-/m1/s1. The zero-order valence-electron chi connectivity index (χ0n) is 14.3. The molecule has 0 aromatic rings. The Labute approximate surface area is 133 Å². The van der Waals surface area contributed by atoms with Crippen molar-refractivity contribution in [1.82, 2.24) is 9.80 Å². The average molecular weight is 314 g/mol. The zero-order valence-corrected chi connectivity index (χ0v) is 14.3. The number of carbonyl (C=O) groups excluding carboxylic acids is 1. The van der Waals surface area contributed by atoms with Gasteiger partial charge in [0.1, 0.15) is 0 Å². The first-order chi connectivity index (χ1) is 10.3. The van der Waals surface area contributed by atoms with E-state index in [4.69, 9.17) is 9.47 Å². The van der Waals surface area contributed by atoms with E-state index in [0.717, 1.165) is 25.9 Å². The van der Waals surface area contributed by atoms with Crippen molar-refractivity contribution in [1.29, 1.82) is 0 Å². The van der Waals surface area contributed by atoms with Crippen molar-refractivity contribution in [3.05, 3.63) is 0 Å². The van der Waals surface area contributed by atoms with E-state index in [-0.39, 0.29) is 16.9 Å². The highest BCUT2D eigenvalue weighted by atomic mass is 16.6. The minimum atomic E-state index is -0.759. The smallest absolute Gasteiger partial charge is 0.236 e. The topological polar surface area (TPSA) is 62.2 Å². The molecule has 0 aromatic carbocycles. The summed E-state index contributed by atoms with van der Waals surface area (Å²) in [7, 11) is 1.52. The van der Waals surface area contributed by atoms with Gasteiger partial charge in [0.05, 0.1) is 18.8 Å². The number of carbonyl (C=O) groups is 1. The molecule has 0 unspecified atom stereocenters. The van der Waals surface area contributed by atoms with Crippen molar-refractivity contribution >= 4 is 5.91 Å². The van der Waals surface area contributed by atoms with Crippen molar-refractivity contribution in [2.75, 3.05) is 46.4 Å². The van der Waals surface area contributed by atoms with E-state index in [1.165, 1.54) is 7.11 Å². The van der Waals surface area contributed by atoms with Crippen LogP contribution >= 0.6 is 0 Å². The molecule has 6 nitrogen and oxygen atoms in total. The molecular formula is C16H30N2O4. The summed E-state index contributed by atoms with van der Waals surface area (Å²) in [6.45, 7) is 10.2. The molecular weight excluding hydrogens is 284 g/mol. The van der Waals surface area contributed by atoms with Crippen molar-refractivity contribution < 1.29 is 19.4 Å². The number of aliphatic hydroxyl groups is 1. The summed E-state index contributed by atoms with van der Waals surface area (Å²) in [6.07, 6.45) is 0.773. The Morgan fingerprint density at radius 3 is 2.45 bits per heavy atom. The van der Waals surface area contributed by atoms with Crippen LogP contribution < -0.4 is 0 Å². The van der Waals surface area contributed by atoms with Crippen molar-refractivity contribution in [3.8, 4) is 0 Å². The summed E-state index contributed by atoms with van der Waals surface area (Å²) in [4.78, 5) is 16.6. The number of likely N-dealkylation sites (tertiary alicyclic amines) is 1. The van der Waals surface area contributed by atoms with E-state index >= 15 is 0 Å². The number of methoxy groups -OCH3 is 1. The fourth-order valence-corrected chi connectivity index (χ4v) is 3.34. The van der Waals surface area contributed by atoms with Crippen molar-refractivity contribution in [2.45, 2.75) is 45.5 Å². The van der Waals surface area contributed by atoms with Crippen LogP contribution in [0.4, 0.5) is 0 Å². The summed E-state index contributed by atoms with van der Waals surface area (Å²) >= 11 is 0. The molecule has 0 radical (unpaired) electrons. The molecule has 1 amide bonds. The Balaban J connectivity index is 1.83. The number of piperidine rings is 1. The number of rotatable bonds is 4. The molecule has 0 saturated carbocycles. The van der Waals surface area contributed by atoms with E-state index in [0.29, 0.717) is 26.2 Å². The van der Waals surface area contributed by atoms with Gasteiger partial charge < -0.3 is 19.5 Å². The van der Waals surface area contributed by atoms with Crippen molar-refractivity contribution in [3.63, 3.8) is 0 Å². The van der Waals surface area contributed by atoms with Gasteiger partial charge in [-0.1, -0.05) is 6.92 Å². The number of morpholine rings is 1. The van der Waals surface area contributed by atoms with Crippen LogP contribution in [0.25, 0.3) is 0 Å². The number of nitrogens with zero attached hydrogens (tertiary/aromatic N) is 2. The van der Waals surface area contributed by atoms with E-state index in [2.05, 4.69) is 18.7 Å². The molecule has 0 aromatic heterocycles. The second-order valence-corrected chi connectivity index (χ2v) is 7.44. The van der Waals surface area contributed by atoms with E-state index in [1.807, 2.05) is 11.8 Å². The molecule has 2 heterocycles. The van der Waals surface area contributed by atoms with Gasteiger partial charge in [-0.3, -0.25) is 9.69 Å². The Kier molecular flexibility index (Phi) is 5.48. The van der Waals surface area contributed by atoms with Crippen LogP contribution in [0, 0.1) is 5.41 Å². The number of hydrogen-bond acceptors (Lipinski definition) is 5. The third-order valence-electron chi connectivity index (χ3n) is 4.94. The lowest BCUT2D eigenvalue weighted by molar-refractivity contribution is -0.171. The number of ether oxygens (including phenoxy) is 2. The minimum Gasteiger partial charge on any atom is -0.373 e. The Bertz CT molecular complexity index is 392. The normalized spacial score (nSPS) is 26.7. The van der Waals surface area contributed by atoms with Gasteiger partial charge in [-0.25, -0.2) is 0 Å². The van der Waals surface area contributed by atoms with Gasteiger partial charge in [0.15, 0.2) is 6.29 Å². The summed E-state index contributed by atoms with van der Waals surface area (Å²) in [6, 6.07) is 0. The van der Waals surface area contributed by atoms with E-state index < -0.39 is 6.29 Å². The van der Waals surface area contributed by atoms with Crippen LogP contribution in [0.1, 0.15) is 33.6 Å². The van der Waals surface area contributed by atoms with Crippen LogP contribution in [0.15, 0.2) is 0 Å². The highest BCUT2D eigenvalue weighted by molar-refractivity contribution is 5.78. The highest BCUT2D eigenvalue weighted by Crippen LogP contribution is 2.34. The maximum atomic E-state index is 12.5. The molecule has 1 atom stereocenters. The molecule has 0 aliphatic carbocycles. The molecule has 2 aliphatic rings. The lowest BCUT2D eigenvalue weighted by Gasteiger charge is -2.43. The molecule has 0 bridgehead atoms. The zero-order chi connectivity index (χ0) is 16.4. The Morgan fingerprint density at radius 1 is 1.27 bits per heavy atom. The molecule has 6 heteroatoms. The Hall–Kier alpha value is -0.690. The van der Waals surface area contributed by atoms with Crippen LogP contribution in [0.3, 0.4) is 0 Å². The average Bonchev–Trinajstić information content (AvgIpc) is 2.46. The van der Waals surface area contributed by atoms with Gasteiger partial charge in [-0.2, -0.15) is 0 Å². The predicted molar refractivity (Wildman–Crippen MR) is 83.4 cm³/mol. The molecule has 22 heavy (non-hydrogen) atoms. The highest BCUT2D eigenvalue weighted by Gasteiger charge is 2.38. The van der Waals surface area contributed by atoms with Crippen LogP contribution in [0.2, 0.25) is 0 Å². The molecule has 2 fully saturated rings. The van der Waals surface area contributed by atoms with E-state index in [9.17, 15) is 9.90 Å². The maximum Gasteiger partial charge on any atom is 0.236 e. The molecule has 2 aliphatic heterocycles. The lowest BCUT2D eigenvalue weighted by Crippen LogP contribution is -2.53. The van der Waals surface area contributed by atoms with Gasteiger partial charge >= 0.3 is 0 Å². The summed E-state index contributed by atoms with van der Waals surface area (Å²) in [5.41, 5.74) is -0.436. The first-order valence-corrected chi connectivity index (χ1v) is 8.11. The van der Waals surface area contributed by atoms with Crippen LogP contribution in [0.5, 0.6) is 0 Å². The first kappa shape index (κ1) is 17.7. The number of aliphatic hydroxyl groups excluding tert-OH is 1. The third kappa shape index (κ3) is 4.19. The fourth-order valence-electron chi connectivity index (χ4n) is 3.34. The lowest BCUT2D eigenvalue weighted by atomic mass is 9.79. The van der Waals surface area contributed by atoms with Gasteiger partial charge in [0.25, 0.3) is 0 Å². The van der Waals surface area contributed by atoms with Gasteiger partial charge in [-0.15, -0.1) is 0 Å². The second kappa shape index (κ2) is 6.83. The number of amides is 1. The maximum absolute atomic E-state index is 12.5. The molecule has 2 rings (SSSR count). The summed E-state index contributed by atoms with van der Waals surface area (Å²) in [5, 5.41) is 9.94. The van der Waals surface area contributed by atoms with Crippen LogP contribution in [-0.4, -0.2) is 79.1 Å². The molecule has 128 valence electrons. The quantitative estimate of drug-likeness (QED) is 0.774. The van der Waals surface area contributed by atoms with Gasteiger partial charge in [-0.05, 0) is 26.7 Å². The van der Waals surface area contributed by atoms with Crippen LogP contribution in [-0.2, 0) is 14.3 Å². The SMILES string of the molecule is CO[C@@H](O)C1(C)CCN(C(=O)CN2CCOC(C)(C)C2)CC1. The molecule has 1 N–H and O–H groups in total. The minimum absolute atomic E-state index is 0.173. The van der Waals surface area contributed by atoms with Crippen molar-refractivity contribution in [2.24, 2.45) is 5.41 Å². The van der Waals surface area contributed by atoms with Gasteiger partial charge in [0.2, 0.25) is 5.91 Å². The largest absolute Gasteiger partial charge is 0.373 e. The van der Waals surface area contributed by atoms with E-state index in [1.54, 1.807) is 0 Å². The number of hydrogen-bond donors (Lipinski definition) is 1. The third-order valence-corrected chi connectivity index (χ3v) is 4.94.